The molecular weight excluding hydrogens is 194 g/mol. The van der Waals surface area contributed by atoms with Gasteiger partial charge in [0.1, 0.15) is 6.10 Å². The highest BCUT2D eigenvalue weighted by Gasteiger charge is 2.15. The van der Waals surface area contributed by atoms with Gasteiger partial charge in [-0.05, 0) is 34.1 Å². The minimum Gasteiger partial charge on any atom is -0.368 e. The lowest BCUT2D eigenvalue weighted by Gasteiger charge is -2.08. The monoisotopic (exact) mass is 218 g/mol. The quantitative estimate of drug-likeness (QED) is 0.417. The van der Waals surface area contributed by atoms with Crippen molar-refractivity contribution in [3.63, 3.8) is 0 Å². The standard InChI is InChI=1S/C11H23NOS/c1-6-7-8-13-10(2)9-12-14-11(3,4)5/h9-10H,6-8H2,1-5H3/p+1/b12-9+/t10-/m0/s1. The third-order valence-electron chi connectivity index (χ3n) is 1.55. The molecular formula is C11H24NOS+. The van der Waals surface area contributed by atoms with E-state index in [1.165, 1.54) is 6.42 Å². The second-order valence-corrected chi connectivity index (χ2v) is 6.09. The normalized spacial score (nSPS) is 14.9. The maximum atomic E-state index is 5.57. The zero-order chi connectivity index (χ0) is 11.0. The summed E-state index contributed by atoms with van der Waals surface area (Å²) in [6.45, 7) is 11.6. The Kier molecular flexibility index (Phi) is 7.28. The number of ether oxygens (including phenoxy) is 1. The van der Waals surface area contributed by atoms with Crippen molar-refractivity contribution >= 4 is 18.2 Å². The van der Waals surface area contributed by atoms with E-state index in [0.29, 0.717) is 0 Å². The number of rotatable bonds is 6. The molecule has 1 N–H and O–H groups in total. The van der Waals surface area contributed by atoms with Gasteiger partial charge in [0.2, 0.25) is 0 Å². The molecule has 3 heteroatoms. The topological polar surface area (TPSA) is 23.2 Å². The molecule has 84 valence electrons. The van der Waals surface area contributed by atoms with Crippen molar-refractivity contribution in [3.05, 3.63) is 0 Å². The highest BCUT2D eigenvalue weighted by atomic mass is 32.2. The second-order valence-electron chi connectivity index (χ2n) is 4.43. The Balaban J connectivity index is 3.55. The van der Waals surface area contributed by atoms with Crippen LogP contribution in [0.1, 0.15) is 47.5 Å². The molecule has 0 saturated carbocycles. The highest BCUT2D eigenvalue weighted by molar-refractivity contribution is 7.94. The number of hydrogen-bond donors (Lipinski definition) is 1. The summed E-state index contributed by atoms with van der Waals surface area (Å²) in [5.41, 5.74) is 0. The zero-order valence-electron chi connectivity index (χ0n) is 10.1. The van der Waals surface area contributed by atoms with E-state index >= 15 is 0 Å². The minimum atomic E-state index is 0.191. The third kappa shape index (κ3) is 10.1. The summed E-state index contributed by atoms with van der Waals surface area (Å²) in [7, 11) is 0. The highest BCUT2D eigenvalue weighted by Crippen LogP contribution is 2.13. The first-order chi connectivity index (χ1) is 6.45. The summed E-state index contributed by atoms with van der Waals surface area (Å²) >= 11 is 1.72. The fourth-order valence-corrected chi connectivity index (χ4v) is 1.38. The second kappa shape index (κ2) is 7.30. The van der Waals surface area contributed by atoms with Crippen LogP contribution in [0.3, 0.4) is 0 Å². The number of unbranched alkanes of at least 4 members (excludes halogenated alkanes) is 1. The minimum absolute atomic E-state index is 0.191. The molecule has 0 saturated heterocycles. The Hall–Kier alpha value is -0.0200. The fourth-order valence-electron chi connectivity index (χ4n) is 0.768. The molecule has 14 heavy (non-hydrogen) atoms. The van der Waals surface area contributed by atoms with Crippen LogP contribution in [-0.2, 0) is 4.74 Å². The van der Waals surface area contributed by atoms with Crippen molar-refractivity contribution in [2.45, 2.75) is 58.3 Å². The molecule has 0 aliphatic carbocycles. The summed E-state index contributed by atoms with van der Waals surface area (Å²) in [5, 5.41) is 0. The van der Waals surface area contributed by atoms with Gasteiger partial charge in [0.05, 0.1) is 4.75 Å². The lowest BCUT2D eigenvalue weighted by Crippen LogP contribution is -2.63. The Morgan fingerprint density at radius 2 is 2.07 bits per heavy atom. The molecule has 0 spiro atoms. The molecule has 0 aliphatic heterocycles. The smallest absolute Gasteiger partial charge is 0.180 e. The molecule has 0 aromatic rings. The summed E-state index contributed by atoms with van der Waals surface area (Å²) in [6, 6.07) is 0. The molecule has 0 fully saturated rings. The summed E-state index contributed by atoms with van der Waals surface area (Å²) in [5.74, 6) is 0. The van der Waals surface area contributed by atoms with E-state index in [2.05, 4.69) is 39.0 Å². The summed E-state index contributed by atoms with van der Waals surface area (Å²) in [4.78, 5) is 0. The van der Waals surface area contributed by atoms with Gasteiger partial charge in [-0.2, -0.15) is 4.40 Å². The largest absolute Gasteiger partial charge is 0.368 e. The molecule has 0 aliphatic rings. The van der Waals surface area contributed by atoms with Crippen molar-refractivity contribution in [1.29, 1.82) is 0 Å². The molecule has 0 amide bonds. The van der Waals surface area contributed by atoms with Gasteiger partial charge < -0.3 is 4.74 Å². The average Bonchev–Trinajstić information content (AvgIpc) is 2.02. The number of hydrogen-bond acceptors (Lipinski definition) is 2. The maximum absolute atomic E-state index is 5.57. The van der Waals surface area contributed by atoms with Crippen molar-refractivity contribution in [3.8, 4) is 0 Å². The van der Waals surface area contributed by atoms with Crippen LogP contribution >= 0.6 is 11.9 Å². The molecule has 2 nitrogen and oxygen atoms in total. The molecule has 0 rings (SSSR count). The predicted molar refractivity (Wildman–Crippen MR) is 64.7 cm³/mol. The van der Waals surface area contributed by atoms with Crippen LogP contribution in [0.15, 0.2) is 0 Å². The van der Waals surface area contributed by atoms with E-state index in [1.807, 2.05) is 6.21 Å². The molecule has 0 aromatic carbocycles. The maximum Gasteiger partial charge on any atom is 0.180 e. The Labute approximate surface area is 92.7 Å². The molecule has 0 unspecified atom stereocenters. The first-order valence-corrected chi connectivity index (χ1v) is 6.16. The van der Waals surface area contributed by atoms with Crippen molar-refractivity contribution < 1.29 is 9.13 Å². The van der Waals surface area contributed by atoms with Gasteiger partial charge in [0.15, 0.2) is 18.2 Å². The summed E-state index contributed by atoms with van der Waals surface area (Å²) in [6.07, 6.45) is 4.53. The van der Waals surface area contributed by atoms with E-state index in [1.54, 1.807) is 11.9 Å². The van der Waals surface area contributed by atoms with E-state index < -0.39 is 0 Å². The van der Waals surface area contributed by atoms with Crippen molar-refractivity contribution in [1.82, 2.24) is 0 Å². The molecule has 1 atom stereocenters. The Morgan fingerprint density at radius 3 is 2.57 bits per heavy atom. The van der Waals surface area contributed by atoms with Crippen LogP contribution in [-0.4, -0.2) is 23.7 Å². The van der Waals surface area contributed by atoms with E-state index in [0.717, 1.165) is 13.0 Å². The lowest BCUT2D eigenvalue weighted by molar-refractivity contribution is -0.245. The lowest BCUT2D eigenvalue weighted by atomic mass is 10.3. The molecule has 0 bridgehead atoms. The van der Waals surface area contributed by atoms with Crippen LogP contribution in [0.25, 0.3) is 0 Å². The van der Waals surface area contributed by atoms with Gasteiger partial charge >= 0.3 is 0 Å². The SMILES string of the molecule is CCCCO[C@@H](C)/C=[NH+]/SC(C)(C)C. The first-order valence-electron chi connectivity index (χ1n) is 5.34. The van der Waals surface area contributed by atoms with Crippen LogP contribution < -0.4 is 4.40 Å². The van der Waals surface area contributed by atoms with Crippen LogP contribution in [0, 0.1) is 0 Å². The van der Waals surface area contributed by atoms with Crippen LogP contribution in [0.2, 0.25) is 0 Å². The van der Waals surface area contributed by atoms with Crippen molar-refractivity contribution in [2.75, 3.05) is 6.61 Å². The first kappa shape index (κ1) is 14.0. The molecule has 0 radical (unpaired) electrons. The molecule has 0 heterocycles. The van der Waals surface area contributed by atoms with E-state index in [-0.39, 0.29) is 10.9 Å². The number of nitrogens with one attached hydrogen (secondary N) is 1. The van der Waals surface area contributed by atoms with E-state index in [9.17, 15) is 0 Å². The third-order valence-corrected chi connectivity index (χ3v) is 2.41. The van der Waals surface area contributed by atoms with Gasteiger partial charge in [0.25, 0.3) is 0 Å². The summed E-state index contributed by atoms with van der Waals surface area (Å²) < 4.78 is 9.03. The van der Waals surface area contributed by atoms with Gasteiger partial charge in [-0.3, -0.25) is 0 Å². The predicted octanol–water partition coefficient (Wildman–Crippen LogP) is 1.79. The Bertz CT molecular complexity index is 163. The van der Waals surface area contributed by atoms with Gasteiger partial charge in [-0.25, -0.2) is 0 Å². The Morgan fingerprint density at radius 1 is 1.43 bits per heavy atom. The van der Waals surface area contributed by atoms with Gasteiger partial charge in [0, 0.05) is 6.61 Å². The van der Waals surface area contributed by atoms with Gasteiger partial charge in [-0.15, -0.1) is 0 Å². The van der Waals surface area contributed by atoms with Gasteiger partial charge in [-0.1, -0.05) is 13.3 Å². The fraction of sp³-hybridized carbons (Fsp3) is 0.909. The average molecular weight is 218 g/mol. The molecule has 0 aromatic heterocycles. The zero-order valence-corrected chi connectivity index (χ0v) is 10.9. The van der Waals surface area contributed by atoms with Crippen molar-refractivity contribution in [2.24, 2.45) is 0 Å². The van der Waals surface area contributed by atoms with E-state index in [4.69, 9.17) is 4.74 Å². The van der Waals surface area contributed by atoms with Crippen LogP contribution in [0.4, 0.5) is 0 Å². The van der Waals surface area contributed by atoms with Crippen LogP contribution in [0.5, 0.6) is 0 Å².